The smallest absolute Gasteiger partial charge is 0.143 e. The quantitative estimate of drug-likeness (QED) is 0.693. The zero-order valence-electron chi connectivity index (χ0n) is 7.82. The van der Waals surface area contributed by atoms with Crippen LogP contribution in [0.25, 0.3) is 5.69 Å². The van der Waals surface area contributed by atoms with Gasteiger partial charge in [0.15, 0.2) is 0 Å². The molecular formula is C9H7I2N3O. The van der Waals surface area contributed by atoms with Gasteiger partial charge in [0.05, 0.1) is 22.6 Å². The Morgan fingerprint density at radius 2 is 2.13 bits per heavy atom. The van der Waals surface area contributed by atoms with Gasteiger partial charge < -0.3 is 4.74 Å². The van der Waals surface area contributed by atoms with Crippen molar-refractivity contribution in [2.45, 2.75) is 0 Å². The number of methoxy groups -OCH3 is 1. The minimum atomic E-state index is 0.862. The fourth-order valence-corrected chi connectivity index (χ4v) is 2.20. The summed E-state index contributed by atoms with van der Waals surface area (Å²) < 4.78 is 7.10. The molecule has 0 aliphatic carbocycles. The summed E-state index contributed by atoms with van der Waals surface area (Å²) in [5.41, 5.74) is 0.933. The highest BCUT2D eigenvalue weighted by Crippen LogP contribution is 2.22. The van der Waals surface area contributed by atoms with Gasteiger partial charge in [-0.05, 0) is 63.4 Å². The third-order valence-corrected chi connectivity index (χ3v) is 3.17. The predicted molar refractivity (Wildman–Crippen MR) is 73.3 cm³/mol. The van der Waals surface area contributed by atoms with Crippen molar-refractivity contribution in [3.8, 4) is 11.4 Å². The second-order valence-electron chi connectivity index (χ2n) is 2.78. The van der Waals surface area contributed by atoms with Crippen molar-refractivity contribution in [1.82, 2.24) is 15.0 Å². The molecule has 0 bridgehead atoms. The SMILES string of the molecule is COc1ccc(-n2ncc(I)n2)cc1I. The Morgan fingerprint density at radius 3 is 2.67 bits per heavy atom. The molecule has 0 atom stereocenters. The van der Waals surface area contributed by atoms with Crippen LogP contribution in [0.3, 0.4) is 0 Å². The number of hydrogen-bond donors (Lipinski definition) is 0. The second-order valence-corrected chi connectivity index (χ2v) is 5.04. The number of nitrogens with zero attached hydrogens (tertiary/aromatic N) is 3. The minimum absolute atomic E-state index is 0.862. The van der Waals surface area contributed by atoms with Gasteiger partial charge in [-0.2, -0.15) is 9.90 Å². The molecule has 0 radical (unpaired) electrons. The average Bonchev–Trinajstić information content (AvgIpc) is 2.65. The molecule has 1 aromatic carbocycles. The zero-order valence-corrected chi connectivity index (χ0v) is 12.1. The van der Waals surface area contributed by atoms with Crippen LogP contribution in [0.5, 0.6) is 5.75 Å². The van der Waals surface area contributed by atoms with E-state index in [0.717, 1.165) is 18.7 Å². The van der Waals surface area contributed by atoms with E-state index in [4.69, 9.17) is 4.74 Å². The molecule has 1 heterocycles. The Hall–Kier alpha value is -0.380. The van der Waals surface area contributed by atoms with Crippen LogP contribution < -0.4 is 4.74 Å². The number of hydrogen-bond acceptors (Lipinski definition) is 3. The van der Waals surface area contributed by atoms with Crippen molar-refractivity contribution < 1.29 is 4.74 Å². The number of halogens is 2. The lowest BCUT2D eigenvalue weighted by molar-refractivity contribution is 0.411. The van der Waals surface area contributed by atoms with E-state index in [1.165, 1.54) is 0 Å². The van der Waals surface area contributed by atoms with Crippen molar-refractivity contribution >= 4 is 45.2 Å². The number of rotatable bonds is 2. The molecule has 0 saturated heterocycles. The van der Waals surface area contributed by atoms with E-state index < -0.39 is 0 Å². The zero-order chi connectivity index (χ0) is 10.8. The predicted octanol–water partition coefficient (Wildman–Crippen LogP) is 2.49. The first-order chi connectivity index (χ1) is 7.20. The Balaban J connectivity index is 2.42. The van der Waals surface area contributed by atoms with Crippen LogP contribution in [0.2, 0.25) is 0 Å². The van der Waals surface area contributed by atoms with E-state index in [-0.39, 0.29) is 0 Å². The fourth-order valence-electron chi connectivity index (χ4n) is 1.15. The van der Waals surface area contributed by atoms with Crippen LogP contribution in [-0.4, -0.2) is 22.1 Å². The van der Waals surface area contributed by atoms with E-state index in [1.807, 2.05) is 18.2 Å². The van der Waals surface area contributed by atoms with Crippen molar-refractivity contribution in [1.29, 1.82) is 0 Å². The molecule has 6 heteroatoms. The van der Waals surface area contributed by atoms with E-state index in [9.17, 15) is 0 Å². The van der Waals surface area contributed by atoms with Crippen LogP contribution in [-0.2, 0) is 0 Å². The number of ether oxygens (including phenoxy) is 1. The van der Waals surface area contributed by atoms with E-state index in [2.05, 4.69) is 55.4 Å². The summed E-state index contributed by atoms with van der Waals surface area (Å²) >= 11 is 4.35. The first-order valence-corrected chi connectivity index (χ1v) is 6.28. The summed E-state index contributed by atoms with van der Waals surface area (Å²) in [6, 6.07) is 5.82. The third-order valence-electron chi connectivity index (χ3n) is 1.83. The Morgan fingerprint density at radius 1 is 1.33 bits per heavy atom. The molecule has 0 saturated carbocycles. The molecule has 0 N–H and O–H groups in total. The van der Waals surface area contributed by atoms with E-state index >= 15 is 0 Å². The standard InChI is InChI=1S/C9H7I2N3O/c1-15-8-3-2-6(4-7(8)10)14-12-5-9(11)13-14/h2-5H,1H3. The monoisotopic (exact) mass is 427 g/mol. The molecule has 0 aliphatic heterocycles. The lowest BCUT2D eigenvalue weighted by atomic mass is 10.3. The summed E-state index contributed by atoms with van der Waals surface area (Å²) in [7, 11) is 1.66. The van der Waals surface area contributed by atoms with E-state index in [0.29, 0.717) is 0 Å². The highest BCUT2D eigenvalue weighted by molar-refractivity contribution is 14.1. The Kier molecular flexibility index (Phi) is 3.44. The van der Waals surface area contributed by atoms with Crippen LogP contribution in [0, 0.1) is 7.27 Å². The molecule has 2 rings (SSSR count). The topological polar surface area (TPSA) is 39.9 Å². The molecule has 2 aromatic rings. The summed E-state index contributed by atoms with van der Waals surface area (Å²) in [5.74, 6) is 0.862. The first-order valence-electron chi connectivity index (χ1n) is 4.12. The van der Waals surface area contributed by atoms with Gasteiger partial charge in [0.1, 0.15) is 9.45 Å². The largest absolute Gasteiger partial charge is 0.496 e. The van der Waals surface area contributed by atoms with Crippen molar-refractivity contribution in [3.63, 3.8) is 0 Å². The lowest BCUT2D eigenvalue weighted by Crippen LogP contribution is -1.99. The third kappa shape index (κ3) is 2.41. The van der Waals surface area contributed by atoms with Crippen LogP contribution >= 0.6 is 45.2 Å². The van der Waals surface area contributed by atoms with Gasteiger partial charge in [0.25, 0.3) is 0 Å². The van der Waals surface area contributed by atoms with Gasteiger partial charge in [0, 0.05) is 0 Å². The highest BCUT2D eigenvalue weighted by Gasteiger charge is 2.04. The summed E-state index contributed by atoms with van der Waals surface area (Å²) in [4.78, 5) is 1.60. The lowest BCUT2D eigenvalue weighted by Gasteiger charge is -2.04. The number of aromatic nitrogens is 3. The molecule has 1 aromatic heterocycles. The molecule has 4 nitrogen and oxygen atoms in total. The maximum absolute atomic E-state index is 5.18. The molecule has 0 fully saturated rings. The minimum Gasteiger partial charge on any atom is -0.496 e. The highest BCUT2D eigenvalue weighted by atomic mass is 127. The summed E-state index contributed by atoms with van der Waals surface area (Å²) in [6.07, 6.45) is 1.72. The second kappa shape index (κ2) is 4.64. The molecule has 78 valence electrons. The molecule has 0 amide bonds. The fraction of sp³-hybridized carbons (Fsp3) is 0.111. The summed E-state index contributed by atoms with van der Waals surface area (Å²) in [6.45, 7) is 0. The first kappa shape index (κ1) is 11.1. The molecule has 0 unspecified atom stereocenters. The van der Waals surface area contributed by atoms with Crippen molar-refractivity contribution in [2.75, 3.05) is 7.11 Å². The molecule has 0 spiro atoms. The maximum Gasteiger partial charge on any atom is 0.143 e. The van der Waals surface area contributed by atoms with Crippen molar-refractivity contribution in [2.24, 2.45) is 0 Å². The Labute approximate surface area is 114 Å². The maximum atomic E-state index is 5.18. The van der Waals surface area contributed by atoms with Gasteiger partial charge in [-0.15, -0.1) is 5.10 Å². The van der Waals surface area contributed by atoms with Crippen LogP contribution in [0.1, 0.15) is 0 Å². The molecule has 0 aliphatic rings. The van der Waals surface area contributed by atoms with Gasteiger partial charge >= 0.3 is 0 Å². The molecule has 15 heavy (non-hydrogen) atoms. The average molecular weight is 427 g/mol. The van der Waals surface area contributed by atoms with Crippen molar-refractivity contribution in [3.05, 3.63) is 31.7 Å². The van der Waals surface area contributed by atoms with E-state index in [1.54, 1.807) is 18.1 Å². The number of benzene rings is 1. The summed E-state index contributed by atoms with van der Waals surface area (Å²) in [5, 5.41) is 8.36. The normalized spacial score (nSPS) is 10.3. The van der Waals surface area contributed by atoms with Gasteiger partial charge in [-0.25, -0.2) is 0 Å². The van der Waals surface area contributed by atoms with Gasteiger partial charge in [-0.1, -0.05) is 0 Å². The molecular weight excluding hydrogens is 420 g/mol. The van der Waals surface area contributed by atoms with Gasteiger partial charge in [-0.3, -0.25) is 0 Å². The van der Waals surface area contributed by atoms with Crippen LogP contribution in [0.15, 0.2) is 24.4 Å². The Bertz CT molecular complexity index is 484. The van der Waals surface area contributed by atoms with Crippen LogP contribution in [0.4, 0.5) is 0 Å². The van der Waals surface area contributed by atoms with Gasteiger partial charge in [0.2, 0.25) is 0 Å².